The van der Waals surface area contributed by atoms with Gasteiger partial charge in [-0.25, -0.2) is 8.78 Å². The van der Waals surface area contributed by atoms with E-state index in [0.717, 1.165) is 12.1 Å². The summed E-state index contributed by atoms with van der Waals surface area (Å²) in [4.78, 5) is 0. The van der Waals surface area contributed by atoms with Crippen molar-refractivity contribution in [3.05, 3.63) is 59.2 Å². The highest BCUT2D eigenvalue weighted by atomic mass is 19.2. The van der Waals surface area contributed by atoms with Gasteiger partial charge < -0.3 is 9.47 Å². The van der Waals surface area contributed by atoms with Gasteiger partial charge in [0, 0.05) is 6.07 Å². The molecule has 0 fully saturated rings. The van der Waals surface area contributed by atoms with Crippen molar-refractivity contribution in [2.24, 2.45) is 0 Å². The molecule has 0 aliphatic rings. The molecule has 0 atom stereocenters. The van der Waals surface area contributed by atoms with Crippen LogP contribution < -0.4 is 9.47 Å². The van der Waals surface area contributed by atoms with Gasteiger partial charge in [0.25, 0.3) is 0 Å². The lowest BCUT2D eigenvalue weighted by Crippen LogP contribution is -2.01. The average molecular weight is 289 g/mol. The Morgan fingerprint density at radius 2 is 1.81 bits per heavy atom. The standard InChI is InChI=1S/C16H13F2NO2/c1-2-20-16-8-11(9-19)4-6-15(16)21-10-12-3-5-13(17)14(18)7-12/h3-8H,2,10H2,1H3. The Kier molecular flexibility index (Phi) is 4.72. The summed E-state index contributed by atoms with van der Waals surface area (Å²) in [5.41, 5.74) is 0.958. The number of ether oxygens (including phenoxy) is 2. The normalized spacial score (nSPS) is 10.0. The SMILES string of the molecule is CCOc1cc(C#N)ccc1OCc1ccc(F)c(F)c1. The first-order chi connectivity index (χ1) is 10.1. The van der Waals surface area contributed by atoms with Gasteiger partial charge in [0.1, 0.15) is 6.61 Å². The second kappa shape index (κ2) is 6.71. The smallest absolute Gasteiger partial charge is 0.162 e. The summed E-state index contributed by atoms with van der Waals surface area (Å²) in [7, 11) is 0. The Hall–Kier alpha value is -2.61. The van der Waals surface area contributed by atoms with Crippen LogP contribution in [-0.2, 0) is 6.61 Å². The molecule has 0 amide bonds. The number of nitriles is 1. The number of hydrogen-bond donors (Lipinski definition) is 0. The van der Waals surface area contributed by atoms with E-state index >= 15 is 0 Å². The zero-order chi connectivity index (χ0) is 15.2. The van der Waals surface area contributed by atoms with Gasteiger partial charge in [-0.1, -0.05) is 6.07 Å². The molecule has 2 aromatic carbocycles. The van der Waals surface area contributed by atoms with E-state index < -0.39 is 11.6 Å². The van der Waals surface area contributed by atoms with Gasteiger partial charge in [-0.05, 0) is 36.8 Å². The first kappa shape index (κ1) is 14.8. The molecule has 2 aromatic rings. The molecule has 3 nitrogen and oxygen atoms in total. The maximum Gasteiger partial charge on any atom is 0.162 e. The Bertz CT molecular complexity index is 680. The predicted molar refractivity (Wildman–Crippen MR) is 73.0 cm³/mol. The zero-order valence-corrected chi connectivity index (χ0v) is 11.4. The van der Waals surface area contributed by atoms with Crippen LogP contribution in [0, 0.1) is 23.0 Å². The second-order valence-electron chi connectivity index (χ2n) is 4.24. The van der Waals surface area contributed by atoms with Crippen LogP contribution in [0.5, 0.6) is 11.5 Å². The lowest BCUT2D eigenvalue weighted by Gasteiger charge is -2.12. The van der Waals surface area contributed by atoms with E-state index in [2.05, 4.69) is 0 Å². The van der Waals surface area contributed by atoms with Crippen LogP contribution >= 0.6 is 0 Å². The molecule has 108 valence electrons. The molecule has 0 radical (unpaired) electrons. The average Bonchev–Trinajstić information content (AvgIpc) is 2.49. The van der Waals surface area contributed by atoms with E-state index in [1.165, 1.54) is 6.07 Å². The third-order valence-corrected chi connectivity index (χ3v) is 2.75. The highest BCUT2D eigenvalue weighted by molar-refractivity contribution is 5.46. The second-order valence-corrected chi connectivity index (χ2v) is 4.24. The Morgan fingerprint density at radius 1 is 1.00 bits per heavy atom. The lowest BCUT2D eigenvalue weighted by atomic mass is 10.2. The maximum absolute atomic E-state index is 13.1. The molecule has 0 unspecified atom stereocenters. The van der Waals surface area contributed by atoms with E-state index in [0.29, 0.717) is 29.2 Å². The highest BCUT2D eigenvalue weighted by Crippen LogP contribution is 2.29. The molecule has 0 heterocycles. The van der Waals surface area contributed by atoms with Crippen molar-refractivity contribution in [3.8, 4) is 17.6 Å². The summed E-state index contributed by atoms with van der Waals surface area (Å²) in [6.07, 6.45) is 0. The highest BCUT2D eigenvalue weighted by Gasteiger charge is 2.08. The van der Waals surface area contributed by atoms with Crippen molar-refractivity contribution < 1.29 is 18.3 Å². The first-order valence-corrected chi connectivity index (χ1v) is 6.37. The molecule has 0 aromatic heterocycles. The van der Waals surface area contributed by atoms with Crippen molar-refractivity contribution in [1.82, 2.24) is 0 Å². The fraction of sp³-hybridized carbons (Fsp3) is 0.188. The van der Waals surface area contributed by atoms with Crippen LogP contribution in [0.4, 0.5) is 8.78 Å². The van der Waals surface area contributed by atoms with Gasteiger partial charge >= 0.3 is 0 Å². The van der Waals surface area contributed by atoms with Gasteiger partial charge in [-0.2, -0.15) is 5.26 Å². The quantitative estimate of drug-likeness (QED) is 0.840. The topological polar surface area (TPSA) is 42.2 Å². The van der Waals surface area contributed by atoms with Gasteiger partial charge in [-0.3, -0.25) is 0 Å². The summed E-state index contributed by atoms with van der Waals surface area (Å²) in [6.45, 7) is 2.32. The minimum Gasteiger partial charge on any atom is -0.490 e. The Balaban J connectivity index is 2.15. The molecule has 2 rings (SSSR count). The third kappa shape index (κ3) is 3.69. The molecule has 0 N–H and O–H groups in total. The molecule has 0 saturated carbocycles. The van der Waals surface area contributed by atoms with E-state index in [-0.39, 0.29) is 6.61 Å². The van der Waals surface area contributed by atoms with E-state index in [1.807, 2.05) is 13.0 Å². The zero-order valence-electron chi connectivity index (χ0n) is 11.4. The minimum atomic E-state index is -0.916. The van der Waals surface area contributed by atoms with Crippen LogP contribution in [0.15, 0.2) is 36.4 Å². The van der Waals surface area contributed by atoms with Crippen molar-refractivity contribution in [2.75, 3.05) is 6.61 Å². The van der Waals surface area contributed by atoms with Crippen LogP contribution in [0.3, 0.4) is 0 Å². The van der Waals surface area contributed by atoms with Crippen molar-refractivity contribution in [3.63, 3.8) is 0 Å². The molecule has 5 heteroatoms. The molecular weight excluding hydrogens is 276 g/mol. The van der Waals surface area contributed by atoms with Crippen LogP contribution in [-0.4, -0.2) is 6.61 Å². The van der Waals surface area contributed by atoms with Gasteiger partial charge in [0.05, 0.1) is 18.2 Å². The number of benzene rings is 2. The Morgan fingerprint density at radius 3 is 2.48 bits per heavy atom. The molecule has 21 heavy (non-hydrogen) atoms. The molecule has 0 aliphatic heterocycles. The molecule has 0 aliphatic carbocycles. The monoisotopic (exact) mass is 289 g/mol. The number of rotatable bonds is 5. The van der Waals surface area contributed by atoms with Crippen LogP contribution in [0.1, 0.15) is 18.1 Å². The summed E-state index contributed by atoms with van der Waals surface area (Å²) in [6, 6.07) is 10.4. The summed E-state index contributed by atoms with van der Waals surface area (Å²) in [5, 5.41) is 8.86. The fourth-order valence-corrected chi connectivity index (χ4v) is 1.76. The summed E-state index contributed by atoms with van der Waals surface area (Å²) >= 11 is 0. The third-order valence-electron chi connectivity index (χ3n) is 2.75. The Labute approximate surface area is 121 Å². The van der Waals surface area contributed by atoms with Gasteiger partial charge in [0.2, 0.25) is 0 Å². The number of halogens is 2. The summed E-state index contributed by atoms with van der Waals surface area (Å²) in [5.74, 6) is -0.923. The van der Waals surface area contributed by atoms with Crippen LogP contribution in [0.2, 0.25) is 0 Å². The van der Waals surface area contributed by atoms with Crippen molar-refractivity contribution >= 4 is 0 Å². The van der Waals surface area contributed by atoms with E-state index in [4.69, 9.17) is 14.7 Å². The predicted octanol–water partition coefficient (Wildman–Crippen LogP) is 3.81. The van der Waals surface area contributed by atoms with E-state index in [9.17, 15) is 8.78 Å². The molecule has 0 bridgehead atoms. The first-order valence-electron chi connectivity index (χ1n) is 6.37. The molecule has 0 spiro atoms. The minimum absolute atomic E-state index is 0.0726. The molecule has 0 saturated heterocycles. The van der Waals surface area contributed by atoms with Gasteiger partial charge in [0.15, 0.2) is 23.1 Å². The maximum atomic E-state index is 13.1. The molecular formula is C16H13F2NO2. The van der Waals surface area contributed by atoms with Gasteiger partial charge in [-0.15, -0.1) is 0 Å². The van der Waals surface area contributed by atoms with Crippen molar-refractivity contribution in [2.45, 2.75) is 13.5 Å². The summed E-state index contributed by atoms with van der Waals surface area (Å²) < 4.78 is 36.9. The van der Waals surface area contributed by atoms with E-state index in [1.54, 1.807) is 18.2 Å². The van der Waals surface area contributed by atoms with Crippen molar-refractivity contribution in [1.29, 1.82) is 5.26 Å². The largest absolute Gasteiger partial charge is 0.490 e. The number of hydrogen-bond acceptors (Lipinski definition) is 3. The lowest BCUT2D eigenvalue weighted by molar-refractivity contribution is 0.268. The van der Waals surface area contributed by atoms with Crippen LogP contribution in [0.25, 0.3) is 0 Å². The number of nitrogens with zero attached hydrogens (tertiary/aromatic N) is 1. The fourth-order valence-electron chi connectivity index (χ4n) is 1.76.